The molecule has 4 nitrogen and oxygen atoms in total. The fraction of sp³-hybridized carbons (Fsp3) is 0.941. The lowest BCUT2D eigenvalue weighted by atomic mass is 9.77. The monoisotopic (exact) mass is 538 g/mol. The van der Waals surface area contributed by atoms with Crippen LogP contribution in [-0.4, -0.2) is 23.5 Å². The molecule has 226 valence electrons. The third kappa shape index (κ3) is 20.8. The van der Waals surface area contributed by atoms with Crippen LogP contribution >= 0.6 is 0 Å². The lowest BCUT2D eigenvalue weighted by molar-refractivity contribution is -0.149. The van der Waals surface area contributed by atoms with E-state index in [1.54, 1.807) is 0 Å². The van der Waals surface area contributed by atoms with Crippen LogP contribution < -0.4 is 5.32 Å². The van der Waals surface area contributed by atoms with Gasteiger partial charge in [0, 0.05) is 12.5 Å². The van der Waals surface area contributed by atoms with Gasteiger partial charge in [0.05, 0.1) is 5.92 Å². The number of amides is 1. The number of carboxylic acid groups (broad SMARTS) is 1. The summed E-state index contributed by atoms with van der Waals surface area (Å²) >= 11 is 0. The summed E-state index contributed by atoms with van der Waals surface area (Å²) in [7, 11) is 0. The summed E-state index contributed by atoms with van der Waals surface area (Å²) in [6, 6.07) is 0. The number of carbonyl (C=O) groups is 2. The highest BCUT2D eigenvalue weighted by atomic mass is 16.4. The topological polar surface area (TPSA) is 66.4 Å². The molecule has 0 rings (SSSR count). The van der Waals surface area contributed by atoms with E-state index in [2.05, 4.69) is 26.1 Å². The maximum Gasteiger partial charge on any atom is 0.307 e. The fourth-order valence-electron chi connectivity index (χ4n) is 5.86. The summed E-state index contributed by atoms with van der Waals surface area (Å²) < 4.78 is 0. The van der Waals surface area contributed by atoms with Gasteiger partial charge in [-0.05, 0) is 18.8 Å². The zero-order valence-electron chi connectivity index (χ0n) is 26.2. The van der Waals surface area contributed by atoms with Crippen molar-refractivity contribution >= 4 is 11.9 Å². The van der Waals surface area contributed by atoms with Gasteiger partial charge in [0.1, 0.15) is 0 Å². The average molecular weight is 538 g/mol. The maximum atomic E-state index is 12.7. The Morgan fingerprint density at radius 2 is 0.947 bits per heavy atom. The molecule has 1 amide bonds. The minimum absolute atomic E-state index is 0.0775. The second kappa shape index (κ2) is 27.5. The van der Waals surface area contributed by atoms with E-state index < -0.39 is 17.8 Å². The molecule has 0 aromatic heterocycles. The van der Waals surface area contributed by atoms with Crippen LogP contribution in [0.2, 0.25) is 0 Å². The minimum atomic E-state index is -0.808. The maximum absolute atomic E-state index is 12.7. The normalized spacial score (nSPS) is 13.8. The third-order valence-corrected chi connectivity index (χ3v) is 8.53. The first-order valence-electron chi connectivity index (χ1n) is 17.0. The van der Waals surface area contributed by atoms with Gasteiger partial charge >= 0.3 is 5.97 Å². The summed E-state index contributed by atoms with van der Waals surface area (Å²) in [4.78, 5) is 24.9. The van der Waals surface area contributed by atoms with Crippen LogP contribution in [0.1, 0.15) is 182 Å². The molecule has 3 unspecified atom stereocenters. The number of carboxylic acids is 1. The molecule has 2 N–H and O–H groups in total. The van der Waals surface area contributed by atoms with Crippen molar-refractivity contribution in [2.75, 3.05) is 6.54 Å². The molecule has 0 aliphatic heterocycles. The van der Waals surface area contributed by atoms with Gasteiger partial charge in [-0.2, -0.15) is 0 Å². The number of nitrogens with one attached hydrogen (secondary N) is 1. The number of hydrogen-bond acceptors (Lipinski definition) is 2. The number of aliphatic carboxylic acids is 1. The highest BCUT2D eigenvalue weighted by Crippen LogP contribution is 2.30. The summed E-state index contributed by atoms with van der Waals surface area (Å²) in [5, 5.41) is 13.0. The van der Waals surface area contributed by atoms with Crippen LogP contribution in [0, 0.1) is 17.8 Å². The standard InChI is InChI=1S/C34H67NO3/c1-5-8-10-12-14-16-17-18-19-20-21-22-24-26-28-31(7-3)32(34(37)38)30(4)33(36)35-29-27-25-23-15-13-11-9-6-2/h30-32H,5-29H2,1-4H3,(H,35,36)(H,37,38). The first kappa shape index (κ1) is 36.9. The van der Waals surface area contributed by atoms with Gasteiger partial charge in [-0.15, -0.1) is 0 Å². The zero-order valence-corrected chi connectivity index (χ0v) is 26.2. The Balaban J connectivity index is 4.02. The zero-order chi connectivity index (χ0) is 28.3. The highest BCUT2D eigenvalue weighted by molar-refractivity contribution is 5.84. The van der Waals surface area contributed by atoms with E-state index in [1.165, 1.54) is 122 Å². The van der Waals surface area contributed by atoms with Crippen LogP contribution in [0.5, 0.6) is 0 Å². The van der Waals surface area contributed by atoms with Crippen molar-refractivity contribution in [3.8, 4) is 0 Å². The van der Waals surface area contributed by atoms with Gasteiger partial charge in [-0.3, -0.25) is 9.59 Å². The molecule has 0 bridgehead atoms. The summed E-state index contributed by atoms with van der Waals surface area (Å²) in [6.45, 7) is 9.07. The molecule has 0 spiro atoms. The fourth-order valence-corrected chi connectivity index (χ4v) is 5.86. The van der Waals surface area contributed by atoms with E-state index in [4.69, 9.17) is 0 Å². The van der Waals surface area contributed by atoms with Gasteiger partial charge in [0.25, 0.3) is 0 Å². The van der Waals surface area contributed by atoms with Gasteiger partial charge in [-0.1, -0.05) is 169 Å². The van der Waals surface area contributed by atoms with E-state index in [1.807, 2.05) is 6.92 Å². The van der Waals surface area contributed by atoms with Crippen molar-refractivity contribution in [1.29, 1.82) is 0 Å². The van der Waals surface area contributed by atoms with Gasteiger partial charge in [-0.25, -0.2) is 0 Å². The lowest BCUT2D eigenvalue weighted by Gasteiger charge is -2.27. The Morgan fingerprint density at radius 1 is 0.579 bits per heavy atom. The number of carbonyl (C=O) groups excluding carboxylic acids is 1. The summed E-state index contributed by atoms with van der Waals surface area (Å²) in [5.74, 6) is -1.87. The van der Waals surface area contributed by atoms with E-state index in [0.29, 0.717) is 6.54 Å². The van der Waals surface area contributed by atoms with Crippen molar-refractivity contribution in [2.45, 2.75) is 182 Å². The van der Waals surface area contributed by atoms with Gasteiger partial charge in [0.2, 0.25) is 5.91 Å². The van der Waals surface area contributed by atoms with Crippen molar-refractivity contribution in [3.05, 3.63) is 0 Å². The predicted octanol–water partition coefficient (Wildman–Crippen LogP) is 10.5. The Labute approximate surface area is 237 Å². The van der Waals surface area contributed by atoms with Crippen LogP contribution in [0.15, 0.2) is 0 Å². The SMILES string of the molecule is CCCCCCCCCCCCCCCCC(CC)C(C(=O)O)C(C)C(=O)NCCCCCCCCCC. The molecular formula is C34H67NO3. The molecule has 0 aromatic carbocycles. The largest absolute Gasteiger partial charge is 0.481 e. The van der Waals surface area contributed by atoms with Crippen LogP contribution in [0.4, 0.5) is 0 Å². The number of rotatable bonds is 29. The van der Waals surface area contributed by atoms with Gasteiger partial charge in [0.15, 0.2) is 0 Å². The smallest absolute Gasteiger partial charge is 0.307 e. The molecule has 0 fully saturated rings. The number of hydrogen-bond donors (Lipinski definition) is 2. The van der Waals surface area contributed by atoms with E-state index >= 15 is 0 Å². The molecule has 0 aliphatic carbocycles. The third-order valence-electron chi connectivity index (χ3n) is 8.53. The van der Waals surface area contributed by atoms with Crippen LogP contribution in [-0.2, 0) is 9.59 Å². The lowest BCUT2D eigenvalue weighted by Crippen LogP contribution is -2.40. The molecule has 0 radical (unpaired) electrons. The molecular weight excluding hydrogens is 470 g/mol. The van der Waals surface area contributed by atoms with Crippen molar-refractivity contribution in [2.24, 2.45) is 17.8 Å². The highest BCUT2D eigenvalue weighted by Gasteiger charge is 2.35. The van der Waals surface area contributed by atoms with Crippen LogP contribution in [0.25, 0.3) is 0 Å². The quantitative estimate of drug-likeness (QED) is 0.0932. The molecule has 38 heavy (non-hydrogen) atoms. The second-order valence-electron chi connectivity index (χ2n) is 12.0. The molecule has 3 atom stereocenters. The molecule has 0 aliphatic rings. The molecule has 0 saturated heterocycles. The van der Waals surface area contributed by atoms with Crippen molar-refractivity contribution in [3.63, 3.8) is 0 Å². The van der Waals surface area contributed by atoms with E-state index in [0.717, 1.165) is 32.1 Å². The molecule has 0 aromatic rings. The molecule has 4 heteroatoms. The van der Waals surface area contributed by atoms with E-state index in [9.17, 15) is 14.7 Å². The van der Waals surface area contributed by atoms with Gasteiger partial charge < -0.3 is 10.4 Å². The Morgan fingerprint density at radius 3 is 1.32 bits per heavy atom. The van der Waals surface area contributed by atoms with Crippen molar-refractivity contribution in [1.82, 2.24) is 5.32 Å². The summed E-state index contributed by atoms with van der Waals surface area (Å²) in [5.41, 5.74) is 0. The van der Waals surface area contributed by atoms with Crippen LogP contribution in [0.3, 0.4) is 0 Å². The Hall–Kier alpha value is -1.06. The molecule has 0 saturated carbocycles. The first-order chi connectivity index (χ1) is 18.5. The Bertz CT molecular complexity index is 536. The summed E-state index contributed by atoms with van der Waals surface area (Å²) in [6.07, 6.45) is 30.3. The minimum Gasteiger partial charge on any atom is -0.481 e. The second-order valence-corrected chi connectivity index (χ2v) is 12.0. The average Bonchev–Trinajstić information content (AvgIpc) is 2.91. The predicted molar refractivity (Wildman–Crippen MR) is 165 cm³/mol. The van der Waals surface area contributed by atoms with Crippen molar-refractivity contribution < 1.29 is 14.7 Å². The number of unbranched alkanes of at least 4 members (excludes halogenated alkanes) is 20. The first-order valence-corrected chi connectivity index (χ1v) is 17.0. The molecule has 0 heterocycles. The van der Waals surface area contributed by atoms with E-state index in [-0.39, 0.29) is 11.8 Å². The Kier molecular flexibility index (Phi) is 26.7.